The van der Waals surface area contributed by atoms with Crippen molar-refractivity contribution in [3.63, 3.8) is 0 Å². The number of allylic oxidation sites excluding steroid dienone is 1. The number of aromatic nitrogens is 4. The van der Waals surface area contributed by atoms with Gasteiger partial charge in [-0.05, 0) is 50.1 Å². The zero-order valence-electron chi connectivity index (χ0n) is 19.8. The summed E-state index contributed by atoms with van der Waals surface area (Å²) in [6.45, 7) is 14.4. The summed E-state index contributed by atoms with van der Waals surface area (Å²) < 4.78 is 1.81. The average Bonchev–Trinajstić information content (AvgIpc) is 3.32. The second-order valence-electron chi connectivity index (χ2n) is 8.83. The number of nitrogens with zero attached hydrogens (tertiary/aromatic N) is 4. The Labute approximate surface area is 213 Å². The van der Waals surface area contributed by atoms with Gasteiger partial charge < -0.3 is 20.1 Å². The molecule has 0 bridgehead atoms. The predicted molar refractivity (Wildman–Crippen MR) is 139 cm³/mol. The van der Waals surface area contributed by atoms with Gasteiger partial charge in [0.1, 0.15) is 11.5 Å². The van der Waals surface area contributed by atoms with Gasteiger partial charge in [0, 0.05) is 24.5 Å². The van der Waals surface area contributed by atoms with Crippen molar-refractivity contribution < 1.29 is 9.59 Å². The summed E-state index contributed by atoms with van der Waals surface area (Å²) in [6, 6.07) is 3.53. The van der Waals surface area contributed by atoms with Crippen LogP contribution < -0.4 is 10.6 Å². The third-order valence-electron chi connectivity index (χ3n) is 5.90. The SMILES string of the molecule is C=CC(=O)N1CC(NC(=O)c2c(Cl)nc(CNc3n[nH]c4cc(Cl)c(C(=C)C)cc34)n2C(C)C)C1. The molecule has 0 radical (unpaired) electrons. The lowest BCUT2D eigenvalue weighted by Crippen LogP contribution is -2.60. The Morgan fingerprint density at radius 1 is 1.31 bits per heavy atom. The summed E-state index contributed by atoms with van der Waals surface area (Å²) in [5.74, 6) is 0.736. The predicted octanol–water partition coefficient (Wildman–Crippen LogP) is 4.42. The zero-order chi connectivity index (χ0) is 25.4. The summed E-state index contributed by atoms with van der Waals surface area (Å²) in [4.78, 5) is 30.8. The molecule has 1 aliphatic rings. The summed E-state index contributed by atoms with van der Waals surface area (Å²) in [5, 5.41) is 15.1. The molecule has 11 heteroatoms. The highest BCUT2D eigenvalue weighted by atomic mass is 35.5. The first kappa shape index (κ1) is 24.8. The van der Waals surface area contributed by atoms with Crippen molar-refractivity contribution in [2.24, 2.45) is 0 Å². The Morgan fingerprint density at radius 3 is 2.66 bits per heavy atom. The standard InChI is InChI=1S/C24H27Cl2N7O2/c1-6-20(34)32-10-14(11-32)28-24(35)21-22(26)29-19(33(21)13(4)5)9-27-23-16-7-15(12(2)3)17(25)8-18(16)30-31-23/h6-8,13-14H,1-2,9-11H2,3-5H3,(H,28,35)(H2,27,30,31). The van der Waals surface area contributed by atoms with Crippen LogP contribution in [0.5, 0.6) is 0 Å². The van der Waals surface area contributed by atoms with E-state index < -0.39 is 0 Å². The van der Waals surface area contributed by atoms with Crippen LogP contribution in [0.2, 0.25) is 10.2 Å². The lowest BCUT2D eigenvalue weighted by atomic mass is 10.1. The van der Waals surface area contributed by atoms with E-state index in [1.807, 2.05) is 32.9 Å². The van der Waals surface area contributed by atoms with Gasteiger partial charge in [-0.1, -0.05) is 36.4 Å². The van der Waals surface area contributed by atoms with Gasteiger partial charge in [0.15, 0.2) is 11.0 Å². The van der Waals surface area contributed by atoms with E-state index in [9.17, 15) is 9.59 Å². The van der Waals surface area contributed by atoms with E-state index in [1.165, 1.54) is 6.08 Å². The van der Waals surface area contributed by atoms with E-state index in [2.05, 4.69) is 39.0 Å². The number of halogens is 2. The molecule has 2 aromatic heterocycles. The Balaban J connectivity index is 1.53. The molecule has 0 unspecified atom stereocenters. The highest BCUT2D eigenvalue weighted by Gasteiger charge is 2.33. The molecular formula is C24H27Cl2N7O2. The van der Waals surface area contributed by atoms with Crippen LogP contribution in [0.4, 0.5) is 5.82 Å². The number of benzene rings is 1. The van der Waals surface area contributed by atoms with E-state index in [0.717, 1.165) is 22.0 Å². The van der Waals surface area contributed by atoms with Gasteiger partial charge in [-0.15, -0.1) is 0 Å². The Hall–Kier alpha value is -3.30. The maximum absolute atomic E-state index is 13.1. The molecule has 2 amide bonds. The number of H-pyrrole nitrogens is 1. The molecule has 3 N–H and O–H groups in total. The van der Waals surface area contributed by atoms with E-state index in [1.54, 1.807) is 9.47 Å². The number of anilines is 1. The zero-order valence-corrected chi connectivity index (χ0v) is 21.3. The maximum atomic E-state index is 13.1. The smallest absolute Gasteiger partial charge is 0.271 e. The number of hydrogen-bond donors (Lipinski definition) is 3. The summed E-state index contributed by atoms with van der Waals surface area (Å²) >= 11 is 12.8. The van der Waals surface area contributed by atoms with Crippen molar-refractivity contribution in [3.8, 4) is 0 Å². The highest BCUT2D eigenvalue weighted by molar-refractivity contribution is 6.33. The van der Waals surface area contributed by atoms with Gasteiger partial charge >= 0.3 is 0 Å². The van der Waals surface area contributed by atoms with Crippen molar-refractivity contribution in [3.05, 3.63) is 58.6 Å². The number of rotatable bonds is 8. The molecule has 3 heterocycles. The number of carbonyl (C=O) groups excluding carboxylic acids is 2. The minimum atomic E-state index is -0.330. The fourth-order valence-corrected chi connectivity index (χ4v) is 4.73. The minimum absolute atomic E-state index is 0.0717. The number of amides is 2. The van der Waals surface area contributed by atoms with Crippen LogP contribution in [0, 0.1) is 0 Å². The largest absolute Gasteiger partial charge is 0.361 e. The van der Waals surface area contributed by atoms with Crippen molar-refractivity contribution in [1.82, 2.24) is 30.0 Å². The number of imidazole rings is 1. The van der Waals surface area contributed by atoms with Crippen LogP contribution >= 0.6 is 23.2 Å². The number of likely N-dealkylation sites (tertiary alicyclic amines) is 1. The van der Waals surface area contributed by atoms with E-state index in [0.29, 0.717) is 36.3 Å². The number of hydrogen-bond acceptors (Lipinski definition) is 5. The quantitative estimate of drug-likeness (QED) is 0.385. The molecule has 1 fully saturated rings. The third-order valence-corrected chi connectivity index (χ3v) is 6.48. The van der Waals surface area contributed by atoms with Crippen molar-refractivity contribution >= 4 is 57.3 Å². The van der Waals surface area contributed by atoms with Gasteiger partial charge in [0.25, 0.3) is 5.91 Å². The maximum Gasteiger partial charge on any atom is 0.271 e. The highest BCUT2D eigenvalue weighted by Crippen LogP contribution is 2.31. The van der Waals surface area contributed by atoms with Crippen LogP contribution in [0.1, 0.15) is 48.7 Å². The number of fused-ring (bicyclic) bond motifs is 1. The fourth-order valence-electron chi connectivity index (χ4n) is 4.13. The molecule has 184 valence electrons. The van der Waals surface area contributed by atoms with Crippen LogP contribution in [-0.4, -0.2) is 55.6 Å². The van der Waals surface area contributed by atoms with Crippen LogP contribution in [0.15, 0.2) is 31.4 Å². The molecule has 0 aliphatic carbocycles. The van der Waals surface area contributed by atoms with Gasteiger partial charge in [0.05, 0.1) is 23.1 Å². The summed E-state index contributed by atoms with van der Waals surface area (Å²) in [5.41, 5.74) is 2.77. The number of aromatic amines is 1. The molecule has 4 rings (SSSR count). The van der Waals surface area contributed by atoms with Crippen LogP contribution in [0.3, 0.4) is 0 Å². The van der Waals surface area contributed by atoms with Crippen LogP contribution in [0.25, 0.3) is 16.5 Å². The molecular weight excluding hydrogens is 489 g/mol. The van der Waals surface area contributed by atoms with Gasteiger partial charge in [-0.3, -0.25) is 14.7 Å². The first-order valence-corrected chi connectivity index (χ1v) is 11.9. The second-order valence-corrected chi connectivity index (χ2v) is 9.60. The lowest BCUT2D eigenvalue weighted by molar-refractivity contribution is -0.130. The monoisotopic (exact) mass is 515 g/mol. The Kier molecular flexibility index (Phi) is 6.91. The lowest BCUT2D eigenvalue weighted by Gasteiger charge is -2.38. The van der Waals surface area contributed by atoms with Gasteiger partial charge in [-0.25, -0.2) is 4.98 Å². The topological polar surface area (TPSA) is 108 Å². The Bertz CT molecular complexity index is 1340. The normalized spacial score (nSPS) is 13.7. The minimum Gasteiger partial charge on any atom is -0.361 e. The van der Waals surface area contributed by atoms with Crippen molar-refractivity contribution in [2.75, 3.05) is 18.4 Å². The van der Waals surface area contributed by atoms with Crippen molar-refractivity contribution in [1.29, 1.82) is 0 Å². The average molecular weight is 516 g/mol. The van der Waals surface area contributed by atoms with E-state index >= 15 is 0 Å². The van der Waals surface area contributed by atoms with E-state index in [-0.39, 0.29) is 34.7 Å². The molecule has 1 saturated heterocycles. The van der Waals surface area contributed by atoms with Crippen molar-refractivity contribution in [2.45, 2.75) is 39.4 Å². The van der Waals surface area contributed by atoms with Gasteiger partial charge in [-0.2, -0.15) is 5.10 Å². The third kappa shape index (κ3) is 4.78. The molecule has 1 aliphatic heterocycles. The molecule has 3 aromatic rings. The van der Waals surface area contributed by atoms with Crippen LogP contribution in [-0.2, 0) is 11.3 Å². The van der Waals surface area contributed by atoms with E-state index in [4.69, 9.17) is 23.2 Å². The molecule has 35 heavy (non-hydrogen) atoms. The first-order valence-electron chi connectivity index (χ1n) is 11.2. The summed E-state index contributed by atoms with van der Waals surface area (Å²) in [7, 11) is 0. The first-order chi connectivity index (χ1) is 16.6. The molecule has 1 aromatic carbocycles. The number of carbonyl (C=O) groups is 2. The fraction of sp³-hybridized carbons (Fsp3) is 0.333. The number of nitrogens with one attached hydrogen (secondary N) is 3. The summed E-state index contributed by atoms with van der Waals surface area (Å²) in [6.07, 6.45) is 1.26. The molecule has 0 spiro atoms. The molecule has 0 saturated carbocycles. The molecule has 0 atom stereocenters. The molecule has 9 nitrogen and oxygen atoms in total. The second kappa shape index (κ2) is 9.75. The Morgan fingerprint density at radius 2 is 2.03 bits per heavy atom. The van der Waals surface area contributed by atoms with Gasteiger partial charge in [0.2, 0.25) is 5.91 Å².